The number of carbonyl (C=O) groups is 2. The lowest BCUT2D eigenvalue weighted by atomic mass is 10.2. The van der Waals surface area contributed by atoms with Crippen LogP contribution in [0.25, 0.3) is 0 Å². The first-order valence-electron chi connectivity index (χ1n) is 4.78. The van der Waals surface area contributed by atoms with Crippen molar-refractivity contribution in [2.45, 2.75) is 12.8 Å². The second-order valence-electron chi connectivity index (χ2n) is 3.52. The zero-order valence-electron chi connectivity index (χ0n) is 8.57. The summed E-state index contributed by atoms with van der Waals surface area (Å²) in [5.41, 5.74) is 0.136. The molecule has 5 nitrogen and oxygen atoms in total. The number of ketones is 1. The Morgan fingerprint density at radius 1 is 1.50 bits per heavy atom. The van der Waals surface area contributed by atoms with Gasteiger partial charge in [-0.15, -0.1) is 0 Å². The number of ether oxygens (including phenoxy) is 1. The number of halogens is 1. The molecule has 1 saturated carbocycles. The third-order valence-corrected chi connectivity index (χ3v) is 2.57. The fraction of sp³-hybridized carbons (Fsp3) is 0.400. The number of rotatable bonds is 3. The lowest BCUT2D eigenvalue weighted by Gasteiger charge is -2.02. The van der Waals surface area contributed by atoms with Gasteiger partial charge in [-0.25, -0.2) is 14.8 Å². The van der Waals surface area contributed by atoms with Gasteiger partial charge in [-0.2, -0.15) is 0 Å². The van der Waals surface area contributed by atoms with E-state index in [1.807, 2.05) is 0 Å². The van der Waals surface area contributed by atoms with Gasteiger partial charge in [0.2, 0.25) is 0 Å². The monoisotopic (exact) mass is 240 g/mol. The molecule has 1 aromatic heterocycles. The molecule has 0 N–H and O–H groups in total. The van der Waals surface area contributed by atoms with Crippen molar-refractivity contribution < 1.29 is 14.3 Å². The van der Waals surface area contributed by atoms with Gasteiger partial charge in [-0.3, -0.25) is 4.79 Å². The zero-order chi connectivity index (χ0) is 11.7. The summed E-state index contributed by atoms with van der Waals surface area (Å²) in [4.78, 5) is 30.4. The van der Waals surface area contributed by atoms with E-state index >= 15 is 0 Å². The molecule has 1 fully saturated rings. The van der Waals surface area contributed by atoms with E-state index in [9.17, 15) is 9.59 Å². The van der Waals surface area contributed by atoms with Gasteiger partial charge >= 0.3 is 5.97 Å². The average Bonchev–Trinajstić information content (AvgIpc) is 3.10. The first-order valence-corrected chi connectivity index (χ1v) is 5.16. The Labute approximate surface area is 96.8 Å². The van der Waals surface area contributed by atoms with Crippen molar-refractivity contribution in [3.8, 4) is 0 Å². The van der Waals surface area contributed by atoms with Crippen LogP contribution < -0.4 is 0 Å². The van der Waals surface area contributed by atoms with Gasteiger partial charge < -0.3 is 4.74 Å². The van der Waals surface area contributed by atoms with Crippen LogP contribution in [0.5, 0.6) is 0 Å². The maximum Gasteiger partial charge on any atom is 0.358 e. The van der Waals surface area contributed by atoms with Crippen LogP contribution in [0.1, 0.15) is 33.8 Å². The van der Waals surface area contributed by atoms with Crippen LogP contribution in [0.4, 0.5) is 0 Å². The van der Waals surface area contributed by atoms with E-state index < -0.39 is 5.97 Å². The fourth-order valence-electron chi connectivity index (χ4n) is 1.27. The minimum Gasteiger partial charge on any atom is -0.464 e. The number of esters is 1. The molecule has 84 valence electrons. The number of hydrogen-bond donors (Lipinski definition) is 0. The van der Waals surface area contributed by atoms with Crippen molar-refractivity contribution in [1.29, 1.82) is 0 Å². The van der Waals surface area contributed by atoms with E-state index in [0.29, 0.717) is 0 Å². The van der Waals surface area contributed by atoms with Gasteiger partial charge in [0, 0.05) is 5.92 Å². The summed E-state index contributed by atoms with van der Waals surface area (Å²) in [6, 6.07) is 0. The molecule has 1 heterocycles. The van der Waals surface area contributed by atoms with Crippen molar-refractivity contribution in [2.24, 2.45) is 5.92 Å². The zero-order valence-corrected chi connectivity index (χ0v) is 9.32. The van der Waals surface area contributed by atoms with Crippen molar-refractivity contribution in [2.75, 3.05) is 7.11 Å². The molecule has 1 aliphatic rings. The lowest BCUT2D eigenvalue weighted by Crippen LogP contribution is -2.11. The van der Waals surface area contributed by atoms with Crippen LogP contribution in [-0.4, -0.2) is 28.8 Å². The molecule has 2 rings (SSSR count). The van der Waals surface area contributed by atoms with E-state index in [-0.39, 0.29) is 28.2 Å². The molecule has 0 atom stereocenters. The molecule has 0 unspecified atom stereocenters. The Balaban J connectivity index is 2.29. The molecule has 6 heteroatoms. The predicted octanol–water partition coefficient (Wildman–Crippen LogP) is 1.51. The summed E-state index contributed by atoms with van der Waals surface area (Å²) in [6.07, 6.45) is 2.94. The second kappa shape index (κ2) is 4.17. The highest BCUT2D eigenvalue weighted by molar-refractivity contribution is 6.32. The molecule has 0 bridgehead atoms. The Kier molecular flexibility index (Phi) is 2.87. The fourth-order valence-corrected chi connectivity index (χ4v) is 1.51. The highest BCUT2D eigenvalue weighted by atomic mass is 35.5. The van der Waals surface area contributed by atoms with Crippen LogP contribution in [0.3, 0.4) is 0 Å². The third-order valence-electron chi connectivity index (χ3n) is 2.31. The minimum atomic E-state index is -0.625. The summed E-state index contributed by atoms with van der Waals surface area (Å²) in [5.74, 6) is -0.704. The number of Topliss-reactive ketones (excluding diaryl/α,β-unsaturated/α-hetero) is 1. The van der Waals surface area contributed by atoms with E-state index in [1.54, 1.807) is 0 Å². The second-order valence-corrected chi connectivity index (χ2v) is 3.88. The van der Waals surface area contributed by atoms with Gasteiger partial charge in [-0.05, 0) is 12.8 Å². The molecular formula is C10H9ClN2O3. The number of hydrogen-bond acceptors (Lipinski definition) is 5. The summed E-state index contributed by atoms with van der Waals surface area (Å²) in [7, 11) is 1.24. The molecule has 0 aliphatic heterocycles. The van der Waals surface area contributed by atoms with Crippen LogP contribution in [-0.2, 0) is 4.74 Å². The standard InChI is InChI=1S/C10H9ClN2O3/c1-16-10(15)6-4-12-7(9(11)13-6)8(14)5-2-3-5/h4-5H,2-3H2,1H3. The van der Waals surface area contributed by atoms with Gasteiger partial charge in [-0.1, -0.05) is 11.6 Å². The van der Waals surface area contributed by atoms with E-state index in [4.69, 9.17) is 11.6 Å². The number of carbonyl (C=O) groups excluding carboxylic acids is 2. The quantitative estimate of drug-likeness (QED) is 0.592. The average molecular weight is 241 g/mol. The van der Waals surface area contributed by atoms with Gasteiger partial charge in [0.25, 0.3) is 0 Å². The molecule has 16 heavy (non-hydrogen) atoms. The molecule has 0 saturated heterocycles. The summed E-state index contributed by atoms with van der Waals surface area (Å²) >= 11 is 5.79. The number of nitrogens with zero attached hydrogens (tertiary/aromatic N) is 2. The summed E-state index contributed by atoms with van der Waals surface area (Å²) in [6.45, 7) is 0. The van der Waals surface area contributed by atoms with Crippen LogP contribution >= 0.6 is 11.6 Å². The number of aromatic nitrogens is 2. The minimum absolute atomic E-state index is 0.000142. The van der Waals surface area contributed by atoms with Gasteiger partial charge in [0.05, 0.1) is 13.3 Å². The SMILES string of the molecule is COC(=O)c1cnc(C(=O)C2CC2)c(Cl)n1. The van der Waals surface area contributed by atoms with E-state index in [1.165, 1.54) is 13.3 Å². The highest BCUT2D eigenvalue weighted by Gasteiger charge is 2.33. The molecule has 1 aromatic rings. The van der Waals surface area contributed by atoms with Crippen molar-refractivity contribution in [1.82, 2.24) is 9.97 Å². The van der Waals surface area contributed by atoms with Gasteiger partial charge in [0.1, 0.15) is 5.69 Å². The Morgan fingerprint density at radius 2 is 2.19 bits per heavy atom. The molecular weight excluding hydrogens is 232 g/mol. The smallest absolute Gasteiger partial charge is 0.358 e. The number of methoxy groups -OCH3 is 1. The maximum absolute atomic E-state index is 11.7. The first kappa shape index (κ1) is 11.0. The summed E-state index contributed by atoms with van der Waals surface area (Å²) < 4.78 is 4.47. The Hall–Kier alpha value is -1.49. The predicted molar refractivity (Wildman–Crippen MR) is 55.4 cm³/mol. The van der Waals surface area contributed by atoms with E-state index in [0.717, 1.165) is 12.8 Å². The normalized spacial score (nSPS) is 14.6. The largest absolute Gasteiger partial charge is 0.464 e. The third kappa shape index (κ3) is 2.04. The van der Waals surface area contributed by atoms with Crippen LogP contribution in [0.2, 0.25) is 5.15 Å². The topological polar surface area (TPSA) is 69.2 Å². The maximum atomic E-state index is 11.7. The van der Waals surface area contributed by atoms with Crippen LogP contribution in [0.15, 0.2) is 6.20 Å². The van der Waals surface area contributed by atoms with Crippen molar-refractivity contribution in [3.63, 3.8) is 0 Å². The first-order chi connectivity index (χ1) is 7.63. The van der Waals surface area contributed by atoms with Crippen LogP contribution in [0, 0.1) is 5.92 Å². The van der Waals surface area contributed by atoms with Crippen molar-refractivity contribution in [3.05, 3.63) is 22.7 Å². The van der Waals surface area contributed by atoms with Gasteiger partial charge in [0.15, 0.2) is 16.6 Å². The molecule has 1 aliphatic carbocycles. The Morgan fingerprint density at radius 3 is 2.69 bits per heavy atom. The molecule has 0 amide bonds. The summed E-state index contributed by atoms with van der Waals surface area (Å²) in [5, 5.41) is -0.0419. The van der Waals surface area contributed by atoms with E-state index in [2.05, 4.69) is 14.7 Å². The highest BCUT2D eigenvalue weighted by Crippen LogP contribution is 2.33. The molecule has 0 aromatic carbocycles. The molecule has 0 spiro atoms. The molecule has 0 radical (unpaired) electrons. The lowest BCUT2D eigenvalue weighted by molar-refractivity contribution is 0.0593. The Bertz CT molecular complexity index is 457. The van der Waals surface area contributed by atoms with Crippen molar-refractivity contribution >= 4 is 23.4 Å².